The Bertz CT molecular complexity index is 329. The maximum absolute atomic E-state index is 4.23. The number of hydrogen-bond donors (Lipinski definition) is 0. The lowest BCUT2D eigenvalue weighted by atomic mass is 10.3. The fourth-order valence-corrected chi connectivity index (χ4v) is 1.93. The van der Waals surface area contributed by atoms with Gasteiger partial charge in [0.1, 0.15) is 16.7 Å². The molecule has 1 aromatic rings. The molecule has 1 aliphatic rings. The topological polar surface area (TPSA) is 29.0 Å². The van der Waals surface area contributed by atoms with Gasteiger partial charge in [-0.25, -0.2) is 9.97 Å². The first-order valence-electron chi connectivity index (χ1n) is 4.85. The van der Waals surface area contributed by atoms with E-state index >= 15 is 0 Å². The van der Waals surface area contributed by atoms with Gasteiger partial charge < -0.3 is 4.90 Å². The monoisotopic (exact) mass is 255 g/mol. The number of nitrogens with zero attached hydrogens (tertiary/aromatic N) is 3. The predicted octanol–water partition coefficient (Wildman–Crippen LogP) is 2.33. The van der Waals surface area contributed by atoms with E-state index in [1.165, 1.54) is 6.42 Å². The Kier molecular flexibility index (Phi) is 2.72. The van der Waals surface area contributed by atoms with Crippen molar-refractivity contribution >= 4 is 21.7 Å². The summed E-state index contributed by atoms with van der Waals surface area (Å²) in [6, 6.07) is 1.95. The second-order valence-electron chi connectivity index (χ2n) is 4.05. The lowest BCUT2D eigenvalue weighted by Gasteiger charge is -2.17. The summed E-state index contributed by atoms with van der Waals surface area (Å²) < 4.78 is 0.846. The van der Waals surface area contributed by atoms with Gasteiger partial charge in [-0.2, -0.15) is 0 Å². The molecule has 0 aromatic carbocycles. The van der Waals surface area contributed by atoms with Gasteiger partial charge in [-0.15, -0.1) is 0 Å². The summed E-state index contributed by atoms with van der Waals surface area (Å²) >= 11 is 3.35. The fourth-order valence-electron chi connectivity index (χ4n) is 1.63. The normalized spacial score (nSPS) is 24.8. The Labute approximate surface area is 92.7 Å². The van der Waals surface area contributed by atoms with Crippen LogP contribution in [0.5, 0.6) is 0 Å². The molecule has 3 nitrogen and oxygen atoms in total. The highest BCUT2D eigenvalue weighted by Crippen LogP contribution is 2.38. The molecule has 14 heavy (non-hydrogen) atoms. The lowest BCUT2D eigenvalue weighted by Crippen LogP contribution is -2.21. The molecule has 0 spiro atoms. The predicted molar refractivity (Wildman–Crippen MR) is 60.3 cm³/mol. The van der Waals surface area contributed by atoms with Gasteiger partial charge in [0.05, 0.1) is 0 Å². The largest absolute Gasteiger partial charge is 0.359 e. The molecule has 1 heterocycles. The summed E-state index contributed by atoms with van der Waals surface area (Å²) in [4.78, 5) is 10.4. The quantitative estimate of drug-likeness (QED) is 0.777. The van der Waals surface area contributed by atoms with Gasteiger partial charge >= 0.3 is 0 Å². The summed E-state index contributed by atoms with van der Waals surface area (Å²) in [5.74, 6) is 2.74. The highest BCUT2D eigenvalue weighted by molar-refractivity contribution is 9.10. The standard InChI is InChI=1S/C10H14BrN3/c1-7-3-8(7)5-14(2)10-4-9(11)12-6-13-10/h4,6-8H,3,5H2,1-2H3. The Hall–Kier alpha value is -0.640. The molecular formula is C10H14BrN3. The van der Waals surface area contributed by atoms with E-state index in [9.17, 15) is 0 Å². The first kappa shape index (κ1) is 9.90. The molecule has 1 aromatic heterocycles. The Morgan fingerprint density at radius 3 is 2.86 bits per heavy atom. The van der Waals surface area contributed by atoms with Crippen molar-refractivity contribution in [3.8, 4) is 0 Å². The average Bonchev–Trinajstić information content (AvgIpc) is 2.81. The van der Waals surface area contributed by atoms with E-state index in [1.54, 1.807) is 6.33 Å². The van der Waals surface area contributed by atoms with Crippen LogP contribution in [0.4, 0.5) is 5.82 Å². The van der Waals surface area contributed by atoms with Crippen LogP contribution in [-0.4, -0.2) is 23.6 Å². The van der Waals surface area contributed by atoms with Crippen molar-refractivity contribution in [1.82, 2.24) is 9.97 Å². The minimum absolute atomic E-state index is 0.846. The van der Waals surface area contributed by atoms with Gasteiger partial charge in [-0.1, -0.05) is 6.92 Å². The maximum atomic E-state index is 4.23. The molecule has 2 unspecified atom stereocenters. The molecular weight excluding hydrogens is 242 g/mol. The third kappa shape index (κ3) is 2.23. The zero-order valence-corrected chi connectivity index (χ0v) is 10.0. The number of halogens is 1. The van der Waals surface area contributed by atoms with Crippen LogP contribution in [0.15, 0.2) is 17.0 Å². The van der Waals surface area contributed by atoms with Crippen LogP contribution in [-0.2, 0) is 0 Å². The van der Waals surface area contributed by atoms with Crippen LogP contribution in [0.2, 0.25) is 0 Å². The molecule has 0 bridgehead atoms. The molecule has 0 amide bonds. The van der Waals surface area contributed by atoms with Crippen LogP contribution < -0.4 is 4.90 Å². The van der Waals surface area contributed by atoms with Gasteiger partial charge in [0.2, 0.25) is 0 Å². The summed E-state index contributed by atoms with van der Waals surface area (Å²) in [6.45, 7) is 3.40. The van der Waals surface area contributed by atoms with E-state index in [0.717, 1.165) is 28.8 Å². The van der Waals surface area contributed by atoms with Crippen molar-refractivity contribution in [2.75, 3.05) is 18.5 Å². The minimum Gasteiger partial charge on any atom is -0.359 e. The zero-order valence-electron chi connectivity index (χ0n) is 8.44. The molecule has 2 rings (SSSR count). The minimum atomic E-state index is 0.846. The number of aromatic nitrogens is 2. The fraction of sp³-hybridized carbons (Fsp3) is 0.600. The molecule has 76 valence electrons. The number of anilines is 1. The van der Waals surface area contributed by atoms with E-state index < -0.39 is 0 Å². The molecule has 0 saturated heterocycles. The average molecular weight is 256 g/mol. The number of rotatable bonds is 3. The van der Waals surface area contributed by atoms with Crippen molar-refractivity contribution in [1.29, 1.82) is 0 Å². The molecule has 0 N–H and O–H groups in total. The first-order valence-corrected chi connectivity index (χ1v) is 5.65. The van der Waals surface area contributed by atoms with Gasteiger partial charge in [-0.3, -0.25) is 0 Å². The Morgan fingerprint density at radius 1 is 1.57 bits per heavy atom. The van der Waals surface area contributed by atoms with Crippen molar-refractivity contribution in [3.63, 3.8) is 0 Å². The van der Waals surface area contributed by atoms with Gasteiger partial charge in [0.25, 0.3) is 0 Å². The van der Waals surface area contributed by atoms with Crippen molar-refractivity contribution in [2.45, 2.75) is 13.3 Å². The highest BCUT2D eigenvalue weighted by atomic mass is 79.9. The maximum Gasteiger partial charge on any atom is 0.132 e. The Morgan fingerprint density at radius 2 is 2.29 bits per heavy atom. The Balaban J connectivity index is 2.00. The van der Waals surface area contributed by atoms with Crippen LogP contribution in [0, 0.1) is 11.8 Å². The molecule has 2 atom stereocenters. The first-order chi connectivity index (χ1) is 6.66. The smallest absolute Gasteiger partial charge is 0.132 e. The molecule has 0 radical (unpaired) electrons. The molecule has 1 aliphatic carbocycles. The van der Waals surface area contributed by atoms with Gasteiger partial charge in [0, 0.05) is 19.7 Å². The van der Waals surface area contributed by atoms with Gasteiger partial charge in [0.15, 0.2) is 0 Å². The van der Waals surface area contributed by atoms with Crippen molar-refractivity contribution in [2.24, 2.45) is 11.8 Å². The van der Waals surface area contributed by atoms with Gasteiger partial charge in [-0.05, 0) is 34.2 Å². The zero-order chi connectivity index (χ0) is 10.1. The van der Waals surface area contributed by atoms with E-state index in [1.807, 2.05) is 6.07 Å². The summed E-state index contributed by atoms with van der Waals surface area (Å²) in [6.07, 6.45) is 2.95. The summed E-state index contributed by atoms with van der Waals surface area (Å²) in [5, 5.41) is 0. The van der Waals surface area contributed by atoms with E-state index in [4.69, 9.17) is 0 Å². The molecule has 0 aliphatic heterocycles. The second-order valence-corrected chi connectivity index (χ2v) is 4.86. The second kappa shape index (κ2) is 3.85. The molecule has 4 heteroatoms. The third-order valence-corrected chi connectivity index (χ3v) is 3.23. The van der Waals surface area contributed by atoms with Crippen molar-refractivity contribution < 1.29 is 0 Å². The molecule has 1 fully saturated rings. The van der Waals surface area contributed by atoms with Crippen LogP contribution >= 0.6 is 15.9 Å². The van der Waals surface area contributed by atoms with E-state index in [2.05, 4.69) is 44.8 Å². The summed E-state index contributed by atoms with van der Waals surface area (Å²) in [5.41, 5.74) is 0. The SMILES string of the molecule is CC1CC1CN(C)c1cc(Br)ncn1. The third-order valence-electron chi connectivity index (χ3n) is 2.79. The van der Waals surface area contributed by atoms with E-state index in [0.29, 0.717) is 0 Å². The summed E-state index contributed by atoms with van der Waals surface area (Å²) in [7, 11) is 2.08. The number of hydrogen-bond acceptors (Lipinski definition) is 3. The lowest BCUT2D eigenvalue weighted by molar-refractivity contribution is 0.718. The molecule has 1 saturated carbocycles. The van der Waals surface area contributed by atoms with Crippen LogP contribution in [0.25, 0.3) is 0 Å². The van der Waals surface area contributed by atoms with Crippen molar-refractivity contribution in [3.05, 3.63) is 17.0 Å². The van der Waals surface area contributed by atoms with E-state index in [-0.39, 0.29) is 0 Å². The van der Waals surface area contributed by atoms with Crippen LogP contribution in [0.1, 0.15) is 13.3 Å². The van der Waals surface area contributed by atoms with Crippen LogP contribution in [0.3, 0.4) is 0 Å². The highest BCUT2D eigenvalue weighted by Gasteiger charge is 2.33.